The molecule has 0 saturated heterocycles. The summed E-state index contributed by atoms with van der Waals surface area (Å²) in [7, 11) is -4.26. The Bertz CT molecular complexity index is 1280. The molecule has 0 fully saturated rings. The van der Waals surface area contributed by atoms with Crippen LogP contribution >= 0.6 is 0 Å². The van der Waals surface area contributed by atoms with Crippen LogP contribution in [-0.2, 0) is 21.0 Å². The Labute approximate surface area is 187 Å². The van der Waals surface area contributed by atoms with Gasteiger partial charge in [-0.15, -0.1) is 0 Å². The number of aryl methyl sites for hydroxylation is 1. The number of carbonyl (C=O) groups is 1. The van der Waals surface area contributed by atoms with Crippen LogP contribution in [0.3, 0.4) is 0 Å². The number of alkyl halides is 3. The Morgan fingerprint density at radius 2 is 1.73 bits per heavy atom. The monoisotopic (exact) mass is 480 g/mol. The number of carbonyl (C=O) groups excluding carboxylic acids is 1. The Hall–Kier alpha value is -3.73. The smallest absolute Gasteiger partial charge is 0.416 e. The van der Waals surface area contributed by atoms with Crippen LogP contribution in [0.2, 0.25) is 0 Å². The molecule has 1 amide bonds. The fourth-order valence-electron chi connectivity index (χ4n) is 2.86. The third-order valence-corrected chi connectivity index (χ3v) is 5.95. The number of sulfonamides is 1. The normalized spacial score (nSPS) is 11.6. The van der Waals surface area contributed by atoms with Gasteiger partial charge in [0.25, 0.3) is 15.9 Å². The van der Waals surface area contributed by atoms with Crippen molar-refractivity contribution in [2.45, 2.75) is 18.0 Å². The summed E-state index contributed by atoms with van der Waals surface area (Å²) in [5, 5.41) is 12.1. The second-order valence-corrected chi connectivity index (χ2v) is 8.62. The topological polar surface area (TPSA) is 105 Å². The third-order valence-electron chi connectivity index (χ3n) is 4.43. The zero-order chi connectivity index (χ0) is 24.2. The second kappa shape index (κ2) is 9.41. The number of hydrogen-bond acceptors (Lipinski definition) is 5. The third kappa shape index (κ3) is 6.16. The zero-order valence-electron chi connectivity index (χ0n) is 17.2. The van der Waals surface area contributed by atoms with Gasteiger partial charge in [-0.3, -0.25) is 9.52 Å². The molecule has 0 saturated carbocycles. The molecule has 0 atom stereocenters. The van der Waals surface area contributed by atoms with Gasteiger partial charge in [0.15, 0.2) is 18.1 Å². The summed E-state index contributed by atoms with van der Waals surface area (Å²) in [5.74, 6) is -0.656. The van der Waals surface area contributed by atoms with Crippen molar-refractivity contribution in [2.75, 3.05) is 16.6 Å². The summed E-state index contributed by atoms with van der Waals surface area (Å²) in [6.45, 7) is 1.06. The van der Waals surface area contributed by atoms with Crippen molar-refractivity contribution in [1.82, 2.24) is 0 Å². The van der Waals surface area contributed by atoms with E-state index in [0.717, 1.165) is 12.1 Å². The van der Waals surface area contributed by atoms with E-state index in [0.29, 0.717) is 11.6 Å². The highest BCUT2D eigenvalue weighted by Gasteiger charge is 2.31. The lowest BCUT2D eigenvalue weighted by molar-refractivity contribution is -0.137. The maximum Gasteiger partial charge on any atom is 0.416 e. The molecule has 3 rings (SSSR count). The number of halogens is 3. The van der Waals surface area contributed by atoms with Crippen LogP contribution in [-0.4, -0.2) is 26.0 Å². The van der Waals surface area contributed by atoms with Crippen LogP contribution in [0, 0.1) is 6.92 Å². The Morgan fingerprint density at radius 3 is 2.42 bits per heavy atom. The molecule has 11 heteroatoms. The highest BCUT2D eigenvalue weighted by molar-refractivity contribution is 7.92. The molecule has 0 aliphatic carbocycles. The van der Waals surface area contributed by atoms with Gasteiger partial charge < -0.3 is 15.2 Å². The summed E-state index contributed by atoms with van der Waals surface area (Å²) < 4.78 is 71.7. The lowest BCUT2D eigenvalue weighted by Gasteiger charge is -2.14. The van der Waals surface area contributed by atoms with Gasteiger partial charge in [-0.05, 0) is 55.0 Å². The van der Waals surface area contributed by atoms with Crippen LogP contribution in [0.15, 0.2) is 71.6 Å². The molecule has 0 bridgehead atoms. The van der Waals surface area contributed by atoms with E-state index in [-0.39, 0.29) is 27.8 Å². The molecule has 0 aliphatic heterocycles. The fraction of sp³-hybridized carbons (Fsp3) is 0.136. The van der Waals surface area contributed by atoms with Crippen molar-refractivity contribution in [1.29, 1.82) is 0 Å². The fourth-order valence-corrected chi connectivity index (χ4v) is 4.18. The van der Waals surface area contributed by atoms with E-state index in [2.05, 4.69) is 10.0 Å². The second-order valence-electron chi connectivity index (χ2n) is 6.97. The van der Waals surface area contributed by atoms with Crippen molar-refractivity contribution in [3.05, 3.63) is 77.9 Å². The first-order chi connectivity index (χ1) is 15.5. The Morgan fingerprint density at radius 1 is 1.00 bits per heavy atom. The Balaban J connectivity index is 1.75. The standard InChI is InChI=1S/C22H19F3N2O5S/c1-14-9-10-16(26-21(29)13-32-19-8-3-2-7-18(19)28)12-20(14)33(30,31)27-17-6-4-5-15(11-17)22(23,24)25/h2-12,27-28H,13H2,1H3,(H,26,29). The minimum absolute atomic E-state index is 0.102. The number of hydrogen-bond donors (Lipinski definition) is 3. The van der Waals surface area contributed by atoms with E-state index >= 15 is 0 Å². The predicted molar refractivity (Wildman–Crippen MR) is 116 cm³/mol. The molecule has 3 aromatic rings. The number of rotatable bonds is 7. The molecule has 0 heterocycles. The first-order valence-corrected chi connectivity index (χ1v) is 11.0. The van der Waals surface area contributed by atoms with Crippen molar-refractivity contribution in [2.24, 2.45) is 0 Å². The summed E-state index contributed by atoms with van der Waals surface area (Å²) >= 11 is 0. The van der Waals surface area contributed by atoms with Gasteiger partial charge in [-0.25, -0.2) is 8.42 Å². The Kier molecular flexibility index (Phi) is 6.82. The van der Waals surface area contributed by atoms with Gasteiger partial charge in [0.1, 0.15) is 0 Å². The van der Waals surface area contributed by atoms with Gasteiger partial charge in [-0.2, -0.15) is 13.2 Å². The number of phenolic OH excluding ortho intramolecular Hbond substituents is 1. The van der Waals surface area contributed by atoms with E-state index in [1.165, 1.54) is 43.3 Å². The van der Waals surface area contributed by atoms with Crippen LogP contribution in [0.5, 0.6) is 11.5 Å². The largest absolute Gasteiger partial charge is 0.504 e. The van der Waals surface area contributed by atoms with Crippen LogP contribution in [0.25, 0.3) is 0 Å². The zero-order valence-corrected chi connectivity index (χ0v) is 18.0. The minimum Gasteiger partial charge on any atom is -0.504 e. The van der Waals surface area contributed by atoms with Gasteiger partial charge in [-0.1, -0.05) is 24.3 Å². The predicted octanol–water partition coefficient (Wildman–Crippen LogP) is 4.54. The molecule has 0 aliphatic rings. The van der Waals surface area contributed by atoms with E-state index in [1.807, 2.05) is 0 Å². The highest BCUT2D eigenvalue weighted by atomic mass is 32.2. The summed E-state index contributed by atoms with van der Waals surface area (Å²) in [5.41, 5.74) is -0.798. The number of nitrogens with one attached hydrogen (secondary N) is 2. The maximum absolute atomic E-state index is 12.9. The number of aromatic hydroxyl groups is 1. The highest BCUT2D eigenvalue weighted by Crippen LogP contribution is 2.31. The number of ether oxygens (including phenoxy) is 1. The van der Waals surface area contributed by atoms with E-state index in [9.17, 15) is 31.5 Å². The molecule has 174 valence electrons. The van der Waals surface area contributed by atoms with E-state index < -0.39 is 34.3 Å². The molecular weight excluding hydrogens is 461 g/mol. The molecule has 3 N–H and O–H groups in total. The van der Waals surface area contributed by atoms with Gasteiger partial charge in [0.2, 0.25) is 0 Å². The summed E-state index contributed by atoms with van der Waals surface area (Å²) in [6.07, 6.45) is -4.62. The SMILES string of the molecule is Cc1ccc(NC(=O)COc2ccccc2O)cc1S(=O)(=O)Nc1cccc(C(F)(F)F)c1. The first kappa shape index (κ1) is 23.9. The molecule has 0 unspecified atom stereocenters. The van der Waals surface area contributed by atoms with Crippen LogP contribution in [0.4, 0.5) is 24.5 Å². The molecule has 7 nitrogen and oxygen atoms in total. The first-order valence-electron chi connectivity index (χ1n) is 9.47. The number of amides is 1. The lowest BCUT2D eigenvalue weighted by Crippen LogP contribution is -2.21. The number of anilines is 2. The quantitative estimate of drug-likeness (QED) is 0.461. The van der Waals surface area contributed by atoms with Crippen molar-refractivity contribution < 1.29 is 36.2 Å². The van der Waals surface area contributed by atoms with Crippen molar-refractivity contribution in [3.8, 4) is 11.5 Å². The molecule has 0 aromatic heterocycles. The van der Waals surface area contributed by atoms with E-state index in [1.54, 1.807) is 12.1 Å². The van der Waals surface area contributed by atoms with Crippen LogP contribution in [0.1, 0.15) is 11.1 Å². The number of para-hydroxylation sites is 2. The summed E-state index contributed by atoms with van der Waals surface area (Å²) in [6, 6.07) is 14.0. The molecule has 0 spiro atoms. The number of phenols is 1. The van der Waals surface area contributed by atoms with E-state index in [4.69, 9.17) is 4.74 Å². The molecular formula is C22H19F3N2O5S. The van der Waals surface area contributed by atoms with Gasteiger partial charge in [0.05, 0.1) is 10.5 Å². The number of benzene rings is 3. The van der Waals surface area contributed by atoms with Gasteiger partial charge in [0, 0.05) is 11.4 Å². The lowest BCUT2D eigenvalue weighted by atomic mass is 10.2. The average Bonchev–Trinajstić information content (AvgIpc) is 2.74. The summed E-state index contributed by atoms with van der Waals surface area (Å²) in [4.78, 5) is 12.0. The van der Waals surface area contributed by atoms with Crippen LogP contribution < -0.4 is 14.8 Å². The average molecular weight is 480 g/mol. The molecule has 0 radical (unpaired) electrons. The van der Waals surface area contributed by atoms with Gasteiger partial charge >= 0.3 is 6.18 Å². The van der Waals surface area contributed by atoms with Crippen molar-refractivity contribution in [3.63, 3.8) is 0 Å². The molecule has 3 aromatic carbocycles. The minimum atomic E-state index is -4.62. The maximum atomic E-state index is 12.9. The molecule has 33 heavy (non-hydrogen) atoms. The van der Waals surface area contributed by atoms with Crippen molar-refractivity contribution >= 4 is 27.3 Å².